The van der Waals surface area contributed by atoms with Crippen LogP contribution in [-0.4, -0.2) is 28.0 Å². The maximum Gasteiger partial charge on any atom is 0.261 e. The van der Waals surface area contributed by atoms with Crippen LogP contribution >= 0.6 is 22.3 Å². The van der Waals surface area contributed by atoms with E-state index in [0.717, 1.165) is 5.56 Å². The molecule has 0 saturated heterocycles. The summed E-state index contributed by atoms with van der Waals surface area (Å²) in [6.45, 7) is 4.38. The molecular formula is C18H21Cl2NO4S. The number of benzene rings is 2. The predicted octanol–water partition coefficient (Wildman–Crippen LogP) is 4.27. The first kappa shape index (κ1) is 22.3. The van der Waals surface area contributed by atoms with E-state index in [2.05, 4.69) is 5.32 Å². The van der Waals surface area contributed by atoms with Crippen LogP contribution in [0.3, 0.4) is 0 Å². The van der Waals surface area contributed by atoms with Gasteiger partial charge in [-0.2, -0.15) is 0 Å². The Morgan fingerprint density at radius 3 is 2.27 bits per heavy atom. The Morgan fingerprint density at radius 1 is 1.12 bits per heavy atom. The van der Waals surface area contributed by atoms with Gasteiger partial charge in [0.25, 0.3) is 15.0 Å². The molecular weight excluding hydrogens is 397 g/mol. The van der Waals surface area contributed by atoms with E-state index in [1.807, 2.05) is 13.8 Å². The largest absolute Gasteiger partial charge is 0.496 e. The van der Waals surface area contributed by atoms with Crippen LogP contribution in [0.2, 0.25) is 5.02 Å². The summed E-state index contributed by atoms with van der Waals surface area (Å²) in [4.78, 5) is 12.2. The van der Waals surface area contributed by atoms with Crippen molar-refractivity contribution in [3.05, 3.63) is 58.6 Å². The molecule has 0 radical (unpaired) electrons. The van der Waals surface area contributed by atoms with Gasteiger partial charge in [0.05, 0.1) is 17.6 Å². The minimum Gasteiger partial charge on any atom is -0.496 e. The van der Waals surface area contributed by atoms with Crippen molar-refractivity contribution in [3.8, 4) is 5.75 Å². The van der Waals surface area contributed by atoms with Gasteiger partial charge in [-0.25, -0.2) is 8.42 Å². The van der Waals surface area contributed by atoms with Gasteiger partial charge in [-0.15, -0.1) is 0 Å². The van der Waals surface area contributed by atoms with Gasteiger partial charge >= 0.3 is 0 Å². The van der Waals surface area contributed by atoms with Crippen molar-refractivity contribution in [2.75, 3.05) is 13.7 Å². The molecule has 0 spiro atoms. The highest BCUT2D eigenvalue weighted by Crippen LogP contribution is 2.22. The molecule has 0 aliphatic rings. The van der Waals surface area contributed by atoms with Crippen LogP contribution in [0.15, 0.2) is 47.4 Å². The molecule has 0 fully saturated rings. The van der Waals surface area contributed by atoms with E-state index < -0.39 is 9.05 Å². The van der Waals surface area contributed by atoms with Crippen LogP contribution in [0.5, 0.6) is 5.75 Å². The third-order valence-electron chi connectivity index (χ3n) is 3.31. The number of rotatable bonds is 6. The van der Waals surface area contributed by atoms with Gasteiger partial charge in [0, 0.05) is 22.2 Å². The molecule has 0 bridgehead atoms. The van der Waals surface area contributed by atoms with Crippen molar-refractivity contribution in [1.29, 1.82) is 0 Å². The summed E-state index contributed by atoms with van der Waals surface area (Å²) in [6, 6.07) is 11.0. The Labute approximate surface area is 163 Å². The molecule has 142 valence electrons. The van der Waals surface area contributed by atoms with Gasteiger partial charge in [0.1, 0.15) is 5.75 Å². The first-order valence-electron chi connectivity index (χ1n) is 7.96. The molecule has 2 rings (SSSR count). The van der Waals surface area contributed by atoms with Gasteiger partial charge in [0.2, 0.25) is 0 Å². The molecule has 26 heavy (non-hydrogen) atoms. The zero-order valence-electron chi connectivity index (χ0n) is 14.8. The third-order valence-corrected chi connectivity index (χ3v) is 4.92. The van der Waals surface area contributed by atoms with E-state index in [9.17, 15) is 13.2 Å². The number of amides is 1. The lowest BCUT2D eigenvalue weighted by molar-refractivity contribution is 0.0951. The highest BCUT2D eigenvalue weighted by Gasteiger charge is 2.13. The zero-order chi connectivity index (χ0) is 19.7. The molecule has 0 atom stereocenters. The molecule has 0 aliphatic heterocycles. The Hall–Kier alpha value is -1.76. The molecule has 1 N–H and O–H groups in total. The van der Waals surface area contributed by atoms with Gasteiger partial charge < -0.3 is 10.1 Å². The Kier molecular flexibility index (Phi) is 8.92. The van der Waals surface area contributed by atoms with Crippen LogP contribution < -0.4 is 10.1 Å². The highest BCUT2D eigenvalue weighted by atomic mass is 35.7. The van der Waals surface area contributed by atoms with Crippen LogP contribution in [0.1, 0.15) is 29.8 Å². The van der Waals surface area contributed by atoms with Crippen molar-refractivity contribution in [1.82, 2.24) is 5.32 Å². The number of hydrogen-bond donors (Lipinski definition) is 1. The lowest BCUT2D eigenvalue weighted by Gasteiger charge is -2.10. The lowest BCUT2D eigenvalue weighted by Crippen LogP contribution is -2.26. The number of halogens is 2. The maximum atomic E-state index is 12.2. The summed E-state index contributed by atoms with van der Waals surface area (Å²) in [7, 11) is 3.01. The molecule has 0 heterocycles. The fourth-order valence-corrected chi connectivity index (χ4v) is 3.03. The summed E-state index contributed by atoms with van der Waals surface area (Å²) in [5.74, 6) is 0.142. The minimum absolute atomic E-state index is 0.0422. The second-order valence-corrected chi connectivity index (χ2v) is 7.93. The molecule has 2 aromatic rings. The number of methoxy groups -OCH3 is 1. The molecule has 1 amide bonds. The van der Waals surface area contributed by atoms with Crippen molar-refractivity contribution in [2.24, 2.45) is 0 Å². The lowest BCUT2D eigenvalue weighted by atomic mass is 10.1. The van der Waals surface area contributed by atoms with Gasteiger partial charge in [-0.3, -0.25) is 4.79 Å². The van der Waals surface area contributed by atoms with Crippen LogP contribution in [-0.2, 0) is 15.5 Å². The normalized spacial score (nSPS) is 10.5. The molecule has 0 aliphatic carbocycles. The van der Waals surface area contributed by atoms with Crippen LogP contribution in [0, 0.1) is 0 Å². The van der Waals surface area contributed by atoms with Crippen molar-refractivity contribution in [2.45, 2.75) is 25.2 Å². The molecule has 8 heteroatoms. The maximum absolute atomic E-state index is 12.2. The summed E-state index contributed by atoms with van der Waals surface area (Å²) in [6.07, 6.45) is 0.539. The van der Waals surface area contributed by atoms with Gasteiger partial charge in [-0.05, 0) is 42.3 Å². The molecule has 5 nitrogen and oxygen atoms in total. The predicted molar refractivity (Wildman–Crippen MR) is 105 cm³/mol. The number of carbonyl (C=O) groups is 1. The SMILES string of the molecule is CC.COc1ccc(Cl)cc1C(=O)NCCc1ccc(S(=O)(=O)Cl)cc1. The second-order valence-electron chi connectivity index (χ2n) is 4.93. The van der Waals surface area contributed by atoms with E-state index in [4.69, 9.17) is 27.0 Å². The van der Waals surface area contributed by atoms with E-state index in [0.29, 0.717) is 29.3 Å². The van der Waals surface area contributed by atoms with Gasteiger partial charge in [0.15, 0.2) is 0 Å². The second kappa shape index (κ2) is 10.4. The standard InChI is InChI=1S/C16H15Cl2NO4S.C2H6/c1-23-15-7-4-12(17)10-14(15)16(20)19-9-8-11-2-5-13(6-3-11)24(18,21)22;1-2/h2-7,10H,8-9H2,1H3,(H,19,20);1-2H3. The van der Waals surface area contributed by atoms with Crippen molar-refractivity contribution >= 4 is 37.2 Å². The van der Waals surface area contributed by atoms with E-state index >= 15 is 0 Å². The van der Waals surface area contributed by atoms with Gasteiger partial charge in [-0.1, -0.05) is 37.6 Å². The smallest absolute Gasteiger partial charge is 0.261 e. The van der Waals surface area contributed by atoms with Crippen molar-refractivity contribution < 1.29 is 17.9 Å². The minimum atomic E-state index is -3.73. The summed E-state index contributed by atoms with van der Waals surface area (Å²) >= 11 is 5.90. The number of hydrogen-bond acceptors (Lipinski definition) is 4. The number of carbonyl (C=O) groups excluding carboxylic acids is 1. The first-order valence-corrected chi connectivity index (χ1v) is 10.7. The quantitative estimate of drug-likeness (QED) is 0.711. The Balaban J connectivity index is 0.00000163. The Morgan fingerprint density at radius 2 is 1.73 bits per heavy atom. The molecule has 0 saturated carbocycles. The summed E-state index contributed by atoms with van der Waals surface area (Å²) in [5, 5.41) is 3.22. The van der Waals surface area contributed by atoms with E-state index in [1.165, 1.54) is 25.3 Å². The zero-order valence-corrected chi connectivity index (χ0v) is 17.1. The highest BCUT2D eigenvalue weighted by molar-refractivity contribution is 8.13. The average Bonchev–Trinajstić information content (AvgIpc) is 2.63. The fraction of sp³-hybridized carbons (Fsp3) is 0.278. The summed E-state index contributed by atoms with van der Waals surface area (Å²) < 4.78 is 27.5. The van der Waals surface area contributed by atoms with E-state index in [1.54, 1.807) is 24.3 Å². The number of nitrogens with one attached hydrogen (secondary N) is 1. The topological polar surface area (TPSA) is 72.5 Å². The average molecular weight is 418 g/mol. The summed E-state index contributed by atoms with van der Waals surface area (Å²) in [5.41, 5.74) is 1.23. The molecule has 2 aromatic carbocycles. The Bertz CT molecular complexity index is 837. The van der Waals surface area contributed by atoms with E-state index in [-0.39, 0.29) is 10.8 Å². The van der Waals surface area contributed by atoms with Crippen LogP contribution in [0.25, 0.3) is 0 Å². The third kappa shape index (κ3) is 6.52. The van der Waals surface area contributed by atoms with Crippen molar-refractivity contribution in [3.63, 3.8) is 0 Å². The first-order chi connectivity index (χ1) is 12.3. The molecule has 0 aromatic heterocycles. The fourth-order valence-electron chi connectivity index (χ4n) is 2.09. The molecule has 0 unspecified atom stereocenters. The number of ether oxygens (including phenoxy) is 1. The monoisotopic (exact) mass is 417 g/mol. The van der Waals surface area contributed by atoms with Crippen LogP contribution in [0.4, 0.5) is 0 Å².